The molecular weight excluding hydrogens is 352 g/mol. The molecule has 3 rings (SSSR count). The first kappa shape index (κ1) is 16.4. The Bertz CT molecular complexity index is 794. The van der Waals surface area contributed by atoms with Crippen molar-refractivity contribution in [3.63, 3.8) is 0 Å². The van der Waals surface area contributed by atoms with E-state index < -0.39 is 29.9 Å². The van der Waals surface area contributed by atoms with Crippen molar-refractivity contribution >= 4 is 46.6 Å². The highest BCUT2D eigenvalue weighted by atomic mass is 35.5. The van der Waals surface area contributed by atoms with Gasteiger partial charge in [-0.2, -0.15) is 11.3 Å². The van der Waals surface area contributed by atoms with E-state index in [-0.39, 0.29) is 5.82 Å². The van der Waals surface area contributed by atoms with Gasteiger partial charge in [0.05, 0.1) is 5.02 Å². The minimum absolute atomic E-state index is 0.289. The average Bonchev–Trinajstić information content (AvgIpc) is 3.14. The summed E-state index contributed by atoms with van der Waals surface area (Å²) in [4.78, 5) is 41.6. The van der Waals surface area contributed by atoms with Crippen LogP contribution in [-0.4, -0.2) is 34.3 Å². The van der Waals surface area contributed by atoms with Crippen LogP contribution < -0.4 is 10.6 Å². The molecule has 2 aromatic heterocycles. The van der Waals surface area contributed by atoms with Gasteiger partial charge in [0.15, 0.2) is 0 Å². The van der Waals surface area contributed by atoms with Gasteiger partial charge in [0.1, 0.15) is 17.9 Å². The van der Waals surface area contributed by atoms with Gasteiger partial charge in [-0.3, -0.25) is 14.5 Å². The average molecular weight is 365 g/mol. The fraction of sp³-hybridized carbons (Fsp3) is 0.200. The summed E-state index contributed by atoms with van der Waals surface area (Å²) < 4.78 is 0. The van der Waals surface area contributed by atoms with E-state index in [1.54, 1.807) is 24.4 Å². The SMILES string of the molecule is C[C@]1(c2ccsc2)NC(=O)N(CC(=O)Nc2ccc(Cl)cn2)C1=O. The number of rotatable bonds is 4. The second kappa shape index (κ2) is 6.21. The Balaban J connectivity index is 1.71. The van der Waals surface area contributed by atoms with Gasteiger partial charge < -0.3 is 10.6 Å². The molecule has 9 heteroatoms. The minimum Gasteiger partial charge on any atom is -0.319 e. The van der Waals surface area contributed by atoms with Crippen LogP contribution in [0.5, 0.6) is 0 Å². The molecule has 0 spiro atoms. The van der Waals surface area contributed by atoms with Crippen LogP contribution in [-0.2, 0) is 15.1 Å². The Morgan fingerprint density at radius 1 is 1.42 bits per heavy atom. The summed E-state index contributed by atoms with van der Waals surface area (Å²) in [5, 5.41) is 9.21. The minimum atomic E-state index is -1.16. The standard InChI is InChI=1S/C15H13ClN4O3S/c1-15(9-4-5-24-8-9)13(22)20(14(23)19-15)7-12(21)18-11-3-2-10(16)6-17-11/h2-6,8H,7H2,1H3,(H,19,23)(H,17,18,21)/t15-/m1/s1. The van der Waals surface area contributed by atoms with Crippen LogP contribution in [0.4, 0.5) is 10.6 Å². The molecule has 0 bridgehead atoms. The quantitative estimate of drug-likeness (QED) is 0.813. The lowest BCUT2D eigenvalue weighted by atomic mass is 9.95. The van der Waals surface area contributed by atoms with E-state index in [4.69, 9.17) is 11.6 Å². The lowest BCUT2D eigenvalue weighted by Gasteiger charge is -2.20. The third-order valence-corrected chi connectivity index (χ3v) is 4.58. The molecule has 0 radical (unpaired) electrons. The zero-order chi connectivity index (χ0) is 17.3. The summed E-state index contributed by atoms with van der Waals surface area (Å²) in [7, 11) is 0. The first-order valence-electron chi connectivity index (χ1n) is 6.98. The summed E-state index contributed by atoms with van der Waals surface area (Å²) >= 11 is 7.15. The van der Waals surface area contributed by atoms with Crippen molar-refractivity contribution in [2.75, 3.05) is 11.9 Å². The molecule has 1 aliphatic rings. The van der Waals surface area contributed by atoms with Gasteiger partial charge in [0.25, 0.3) is 5.91 Å². The van der Waals surface area contributed by atoms with Crippen LogP contribution in [0, 0.1) is 0 Å². The molecule has 4 amide bonds. The lowest BCUT2D eigenvalue weighted by molar-refractivity contribution is -0.133. The highest BCUT2D eigenvalue weighted by Crippen LogP contribution is 2.30. The van der Waals surface area contributed by atoms with Crippen molar-refractivity contribution in [1.29, 1.82) is 0 Å². The zero-order valence-electron chi connectivity index (χ0n) is 12.6. The molecule has 1 fully saturated rings. The van der Waals surface area contributed by atoms with Crippen LogP contribution >= 0.6 is 22.9 Å². The number of amides is 4. The lowest BCUT2D eigenvalue weighted by Crippen LogP contribution is -2.41. The topological polar surface area (TPSA) is 91.4 Å². The second-order valence-electron chi connectivity index (χ2n) is 5.37. The number of carbonyl (C=O) groups excluding carboxylic acids is 3. The van der Waals surface area contributed by atoms with Gasteiger partial charge in [-0.25, -0.2) is 9.78 Å². The molecule has 124 valence electrons. The van der Waals surface area contributed by atoms with E-state index in [0.717, 1.165) is 4.90 Å². The molecule has 0 unspecified atom stereocenters. The summed E-state index contributed by atoms with van der Waals surface area (Å²) in [6.45, 7) is 1.22. The van der Waals surface area contributed by atoms with E-state index in [1.165, 1.54) is 23.6 Å². The fourth-order valence-corrected chi connectivity index (χ4v) is 3.24. The van der Waals surface area contributed by atoms with Crippen LogP contribution in [0.1, 0.15) is 12.5 Å². The van der Waals surface area contributed by atoms with Crippen molar-refractivity contribution in [1.82, 2.24) is 15.2 Å². The van der Waals surface area contributed by atoms with E-state index in [0.29, 0.717) is 10.6 Å². The fourth-order valence-electron chi connectivity index (χ4n) is 2.36. The van der Waals surface area contributed by atoms with Crippen molar-refractivity contribution in [3.8, 4) is 0 Å². The molecule has 7 nitrogen and oxygen atoms in total. The Kier molecular flexibility index (Phi) is 4.25. The van der Waals surface area contributed by atoms with E-state index in [2.05, 4.69) is 15.6 Å². The van der Waals surface area contributed by atoms with Gasteiger partial charge in [-0.1, -0.05) is 11.6 Å². The Morgan fingerprint density at radius 3 is 2.83 bits per heavy atom. The van der Waals surface area contributed by atoms with Crippen LogP contribution in [0.15, 0.2) is 35.2 Å². The smallest absolute Gasteiger partial charge is 0.319 e. The van der Waals surface area contributed by atoms with Crippen LogP contribution in [0.25, 0.3) is 0 Å². The number of anilines is 1. The highest BCUT2D eigenvalue weighted by molar-refractivity contribution is 7.08. The highest BCUT2D eigenvalue weighted by Gasteiger charge is 2.49. The molecule has 0 aromatic carbocycles. The first-order valence-corrected chi connectivity index (χ1v) is 8.30. The molecule has 1 aliphatic heterocycles. The molecule has 1 saturated heterocycles. The van der Waals surface area contributed by atoms with E-state index in [1.807, 2.05) is 5.38 Å². The number of imide groups is 1. The number of thiophene rings is 1. The maximum absolute atomic E-state index is 12.6. The van der Waals surface area contributed by atoms with Crippen molar-refractivity contribution < 1.29 is 14.4 Å². The monoisotopic (exact) mass is 364 g/mol. The third-order valence-electron chi connectivity index (χ3n) is 3.67. The van der Waals surface area contributed by atoms with Crippen molar-refractivity contribution in [3.05, 3.63) is 45.7 Å². The number of hydrogen-bond donors (Lipinski definition) is 2. The number of nitrogens with zero attached hydrogens (tertiary/aromatic N) is 2. The Hall–Kier alpha value is -2.45. The number of pyridine rings is 1. The molecule has 0 saturated carbocycles. The zero-order valence-corrected chi connectivity index (χ0v) is 14.1. The number of carbonyl (C=O) groups is 3. The Labute approximate surface area is 146 Å². The number of halogens is 1. The second-order valence-corrected chi connectivity index (χ2v) is 6.58. The molecule has 2 N–H and O–H groups in total. The van der Waals surface area contributed by atoms with Crippen molar-refractivity contribution in [2.24, 2.45) is 0 Å². The predicted octanol–water partition coefficient (Wildman–Crippen LogP) is 2.20. The molecular formula is C15H13ClN4O3S. The van der Waals surface area contributed by atoms with Crippen LogP contribution in [0.2, 0.25) is 5.02 Å². The van der Waals surface area contributed by atoms with E-state index in [9.17, 15) is 14.4 Å². The molecule has 24 heavy (non-hydrogen) atoms. The van der Waals surface area contributed by atoms with Crippen molar-refractivity contribution in [2.45, 2.75) is 12.5 Å². The number of aromatic nitrogens is 1. The molecule has 3 heterocycles. The van der Waals surface area contributed by atoms with E-state index >= 15 is 0 Å². The first-order chi connectivity index (χ1) is 11.4. The largest absolute Gasteiger partial charge is 0.325 e. The molecule has 1 atom stereocenters. The summed E-state index contributed by atoms with van der Waals surface area (Å²) in [5.74, 6) is -0.704. The molecule has 2 aromatic rings. The third kappa shape index (κ3) is 2.98. The number of nitrogens with one attached hydrogen (secondary N) is 2. The van der Waals surface area contributed by atoms with Crippen LogP contribution in [0.3, 0.4) is 0 Å². The maximum Gasteiger partial charge on any atom is 0.325 e. The summed E-state index contributed by atoms with van der Waals surface area (Å²) in [5.41, 5.74) is -0.469. The Morgan fingerprint density at radius 2 is 2.21 bits per heavy atom. The predicted molar refractivity (Wildman–Crippen MR) is 89.8 cm³/mol. The van der Waals surface area contributed by atoms with Gasteiger partial charge in [-0.05, 0) is 41.4 Å². The van der Waals surface area contributed by atoms with Gasteiger partial charge in [0.2, 0.25) is 5.91 Å². The summed E-state index contributed by atoms with van der Waals surface area (Å²) in [6.07, 6.45) is 1.39. The number of urea groups is 1. The summed E-state index contributed by atoms with van der Waals surface area (Å²) in [6, 6.07) is 4.27. The van der Waals surface area contributed by atoms with Gasteiger partial charge >= 0.3 is 6.03 Å². The normalized spacial score (nSPS) is 20.2. The van der Waals surface area contributed by atoms with Gasteiger partial charge in [0, 0.05) is 6.20 Å². The maximum atomic E-state index is 12.6. The number of hydrogen-bond acceptors (Lipinski definition) is 5. The molecule has 0 aliphatic carbocycles. The van der Waals surface area contributed by atoms with Gasteiger partial charge in [-0.15, -0.1) is 0 Å².